The molecule has 0 aliphatic heterocycles. The first-order chi connectivity index (χ1) is 10.2. The predicted molar refractivity (Wildman–Crippen MR) is 87.4 cm³/mol. The summed E-state index contributed by atoms with van der Waals surface area (Å²) in [7, 11) is 1.99. The van der Waals surface area contributed by atoms with Gasteiger partial charge < -0.3 is 10.2 Å². The van der Waals surface area contributed by atoms with Gasteiger partial charge in [0.1, 0.15) is 6.33 Å². The van der Waals surface area contributed by atoms with Gasteiger partial charge >= 0.3 is 0 Å². The molecule has 0 spiro atoms. The van der Waals surface area contributed by atoms with Gasteiger partial charge in [0, 0.05) is 38.3 Å². The van der Waals surface area contributed by atoms with Crippen molar-refractivity contribution in [2.24, 2.45) is 0 Å². The Kier molecular flexibility index (Phi) is 5.79. The Morgan fingerprint density at radius 1 is 1.33 bits per heavy atom. The van der Waals surface area contributed by atoms with Gasteiger partial charge in [-0.3, -0.25) is 4.57 Å². The van der Waals surface area contributed by atoms with E-state index in [0.717, 1.165) is 25.3 Å². The maximum absolute atomic E-state index is 4.51. The van der Waals surface area contributed by atoms with Gasteiger partial charge in [-0.05, 0) is 12.7 Å². The fraction of sp³-hybridized carbons (Fsp3) is 0.538. The lowest BCUT2D eigenvalue weighted by Gasteiger charge is -2.17. The van der Waals surface area contributed by atoms with E-state index in [2.05, 4.69) is 38.4 Å². The zero-order chi connectivity index (χ0) is 15.1. The zero-order valence-corrected chi connectivity index (χ0v) is 13.5. The Labute approximate surface area is 129 Å². The fourth-order valence-electron chi connectivity index (χ4n) is 1.66. The molecule has 0 amide bonds. The molecule has 2 aromatic rings. The van der Waals surface area contributed by atoms with Crippen molar-refractivity contribution in [2.75, 3.05) is 42.4 Å². The molecule has 0 radical (unpaired) electrons. The fourth-order valence-corrected chi connectivity index (χ4v) is 2.12. The molecule has 7 nitrogen and oxygen atoms in total. The van der Waals surface area contributed by atoms with E-state index in [-0.39, 0.29) is 0 Å². The molecular formula is C13H21N7S. The number of hydrogen-bond donors (Lipinski definition) is 1. The lowest BCUT2D eigenvalue weighted by Crippen LogP contribution is -2.24. The van der Waals surface area contributed by atoms with Crippen LogP contribution in [-0.2, 0) is 0 Å². The van der Waals surface area contributed by atoms with E-state index in [0.29, 0.717) is 17.8 Å². The number of nitrogens with one attached hydrogen (secondary N) is 1. The molecule has 0 atom stereocenters. The summed E-state index contributed by atoms with van der Waals surface area (Å²) in [6, 6.07) is 0. The van der Waals surface area contributed by atoms with E-state index in [1.54, 1.807) is 28.9 Å². The molecule has 2 rings (SSSR count). The molecule has 21 heavy (non-hydrogen) atoms. The summed E-state index contributed by atoms with van der Waals surface area (Å²) < 4.78 is 1.78. The van der Waals surface area contributed by atoms with E-state index in [4.69, 9.17) is 0 Å². The van der Waals surface area contributed by atoms with Crippen molar-refractivity contribution in [3.63, 3.8) is 0 Å². The molecule has 2 aromatic heterocycles. The third-order valence-electron chi connectivity index (χ3n) is 2.85. The minimum atomic E-state index is 0.576. The number of rotatable bonds is 8. The van der Waals surface area contributed by atoms with Crippen LogP contribution in [0.4, 0.5) is 11.9 Å². The number of hydrogen-bond acceptors (Lipinski definition) is 7. The Hall–Kier alpha value is -1.83. The second kappa shape index (κ2) is 7.82. The minimum Gasteiger partial charge on any atom is -0.354 e. The van der Waals surface area contributed by atoms with Crippen LogP contribution in [0.1, 0.15) is 13.3 Å². The highest BCUT2D eigenvalue weighted by atomic mass is 32.2. The van der Waals surface area contributed by atoms with Crippen LogP contribution in [0.2, 0.25) is 0 Å². The molecule has 0 saturated heterocycles. The van der Waals surface area contributed by atoms with Crippen molar-refractivity contribution in [3.05, 3.63) is 18.7 Å². The minimum absolute atomic E-state index is 0.576. The number of anilines is 2. The van der Waals surface area contributed by atoms with Crippen molar-refractivity contribution in [3.8, 4) is 5.95 Å². The summed E-state index contributed by atoms with van der Waals surface area (Å²) >= 11 is 1.80. The lowest BCUT2D eigenvalue weighted by molar-refractivity contribution is 0.836. The van der Waals surface area contributed by atoms with Crippen LogP contribution >= 0.6 is 11.8 Å². The molecule has 0 aromatic carbocycles. The Morgan fingerprint density at radius 3 is 2.86 bits per heavy atom. The second-order valence-electron chi connectivity index (χ2n) is 4.57. The van der Waals surface area contributed by atoms with Gasteiger partial charge in [0.15, 0.2) is 0 Å². The van der Waals surface area contributed by atoms with Gasteiger partial charge in [-0.15, -0.1) is 0 Å². The maximum Gasteiger partial charge on any atom is 0.241 e. The molecule has 8 heteroatoms. The van der Waals surface area contributed by atoms with Crippen LogP contribution in [-0.4, -0.2) is 56.6 Å². The zero-order valence-electron chi connectivity index (χ0n) is 12.7. The van der Waals surface area contributed by atoms with Gasteiger partial charge in [-0.25, -0.2) is 4.98 Å². The Morgan fingerprint density at radius 2 is 2.19 bits per heavy atom. The van der Waals surface area contributed by atoms with E-state index in [9.17, 15) is 0 Å². The lowest BCUT2D eigenvalue weighted by atomic mass is 10.5. The highest BCUT2D eigenvalue weighted by molar-refractivity contribution is 7.98. The van der Waals surface area contributed by atoms with E-state index < -0.39 is 0 Å². The average molecular weight is 307 g/mol. The molecule has 2 heterocycles. The van der Waals surface area contributed by atoms with Crippen molar-refractivity contribution < 1.29 is 0 Å². The third-order valence-corrected chi connectivity index (χ3v) is 3.44. The van der Waals surface area contributed by atoms with Gasteiger partial charge in [0.25, 0.3) is 0 Å². The summed E-state index contributed by atoms with van der Waals surface area (Å²) in [5.41, 5.74) is 0. The molecular weight excluding hydrogens is 286 g/mol. The van der Waals surface area contributed by atoms with Crippen molar-refractivity contribution >= 4 is 23.7 Å². The van der Waals surface area contributed by atoms with Gasteiger partial charge in [0.05, 0.1) is 0 Å². The summed E-state index contributed by atoms with van der Waals surface area (Å²) in [6.45, 7) is 3.83. The first-order valence-electron chi connectivity index (χ1n) is 6.93. The van der Waals surface area contributed by atoms with E-state index in [1.165, 1.54) is 0 Å². The molecule has 0 aliphatic rings. The smallest absolute Gasteiger partial charge is 0.241 e. The number of imidazole rings is 1. The van der Waals surface area contributed by atoms with Crippen LogP contribution < -0.4 is 10.2 Å². The standard InChI is InChI=1S/C13H21N7S/c1-4-5-15-11-16-12(19(2)8-9-21-3)18-13(17-11)20-7-6-14-10-20/h6-7,10H,4-5,8-9H2,1-3H3,(H,15,16,17,18). The Balaban J connectivity index is 2.28. The second-order valence-corrected chi connectivity index (χ2v) is 5.56. The quantitative estimate of drug-likeness (QED) is 0.795. The van der Waals surface area contributed by atoms with Crippen molar-refractivity contribution in [2.45, 2.75) is 13.3 Å². The summed E-state index contributed by atoms with van der Waals surface area (Å²) in [5, 5.41) is 3.22. The highest BCUT2D eigenvalue weighted by Gasteiger charge is 2.11. The SMILES string of the molecule is CCCNc1nc(N(C)CCSC)nc(-n2ccnc2)n1. The predicted octanol–water partition coefficient (Wildman–Crippen LogP) is 1.68. The van der Waals surface area contributed by atoms with Crippen LogP contribution in [0.15, 0.2) is 18.7 Å². The first kappa shape index (κ1) is 15.6. The monoisotopic (exact) mass is 307 g/mol. The largest absolute Gasteiger partial charge is 0.354 e. The molecule has 0 bridgehead atoms. The molecule has 0 aliphatic carbocycles. The van der Waals surface area contributed by atoms with Crippen LogP contribution in [0, 0.1) is 0 Å². The highest BCUT2D eigenvalue weighted by Crippen LogP contribution is 2.12. The summed E-state index contributed by atoms with van der Waals surface area (Å²) in [4.78, 5) is 19.5. The summed E-state index contributed by atoms with van der Waals surface area (Å²) in [5.74, 6) is 2.87. The topological polar surface area (TPSA) is 71.8 Å². The van der Waals surface area contributed by atoms with Crippen molar-refractivity contribution in [1.82, 2.24) is 24.5 Å². The first-order valence-corrected chi connectivity index (χ1v) is 8.32. The maximum atomic E-state index is 4.51. The number of nitrogens with zero attached hydrogens (tertiary/aromatic N) is 6. The molecule has 0 saturated carbocycles. The average Bonchev–Trinajstić information content (AvgIpc) is 3.04. The van der Waals surface area contributed by atoms with Gasteiger partial charge in [-0.2, -0.15) is 26.7 Å². The number of thioether (sulfide) groups is 1. The van der Waals surface area contributed by atoms with Crippen LogP contribution in [0.5, 0.6) is 0 Å². The van der Waals surface area contributed by atoms with E-state index in [1.807, 2.05) is 18.1 Å². The van der Waals surface area contributed by atoms with Crippen molar-refractivity contribution in [1.29, 1.82) is 0 Å². The molecule has 114 valence electrons. The number of aromatic nitrogens is 5. The van der Waals surface area contributed by atoms with Gasteiger partial charge in [-0.1, -0.05) is 6.92 Å². The molecule has 0 unspecified atom stereocenters. The Bertz CT molecular complexity index is 543. The molecule has 0 fully saturated rings. The van der Waals surface area contributed by atoms with Crippen LogP contribution in [0.25, 0.3) is 5.95 Å². The van der Waals surface area contributed by atoms with Crippen LogP contribution in [0.3, 0.4) is 0 Å². The molecule has 1 N–H and O–H groups in total. The van der Waals surface area contributed by atoms with E-state index >= 15 is 0 Å². The third kappa shape index (κ3) is 4.32. The summed E-state index contributed by atoms with van der Waals surface area (Å²) in [6.07, 6.45) is 8.32. The normalized spacial score (nSPS) is 10.6. The van der Waals surface area contributed by atoms with Gasteiger partial charge in [0.2, 0.25) is 17.8 Å².